The van der Waals surface area contributed by atoms with Crippen LogP contribution in [0.15, 0.2) is 67.0 Å². The van der Waals surface area contributed by atoms with Crippen molar-refractivity contribution in [3.8, 4) is 5.69 Å². The first-order valence-electron chi connectivity index (χ1n) is 7.34. The Labute approximate surface area is 138 Å². The van der Waals surface area contributed by atoms with E-state index in [9.17, 15) is 9.59 Å². The Morgan fingerprint density at radius 1 is 1.04 bits per heavy atom. The van der Waals surface area contributed by atoms with Crippen molar-refractivity contribution in [2.45, 2.75) is 6.54 Å². The summed E-state index contributed by atoms with van der Waals surface area (Å²) in [5.74, 6) is -1.39. The van der Waals surface area contributed by atoms with Crippen molar-refractivity contribution in [3.63, 3.8) is 0 Å². The number of amides is 1. The molecule has 0 aliphatic heterocycles. The Morgan fingerprint density at radius 3 is 2.54 bits per heavy atom. The van der Waals surface area contributed by atoms with Crippen molar-refractivity contribution in [1.29, 1.82) is 0 Å². The Hall–Kier alpha value is -3.41. The van der Waals surface area contributed by atoms with Crippen LogP contribution in [0.4, 0.5) is 0 Å². The molecular formula is C18H15N3O3. The number of nitrogens with zero attached hydrogens (tertiary/aromatic N) is 2. The molecule has 0 atom stereocenters. The second kappa shape index (κ2) is 6.78. The molecule has 0 unspecified atom stereocenters. The maximum atomic E-state index is 12.1. The Morgan fingerprint density at radius 2 is 1.79 bits per heavy atom. The van der Waals surface area contributed by atoms with Gasteiger partial charge in [-0.05, 0) is 30.3 Å². The zero-order valence-electron chi connectivity index (χ0n) is 12.7. The molecule has 0 fully saturated rings. The summed E-state index contributed by atoms with van der Waals surface area (Å²) in [4.78, 5) is 23.1. The van der Waals surface area contributed by atoms with Crippen LogP contribution in [0, 0.1) is 0 Å². The van der Waals surface area contributed by atoms with Crippen LogP contribution in [0.25, 0.3) is 5.69 Å². The third-order valence-electron chi connectivity index (χ3n) is 3.48. The van der Waals surface area contributed by atoms with Gasteiger partial charge in [-0.2, -0.15) is 5.10 Å². The molecule has 120 valence electrons. The number of benzene rings is 2. The molecule has 0 aliphatic rings. The lowest BCUT2D eigenvalue weighted by molar-refractivity contribution is 0.0697. The molecular weight excluding hydrogens is 306 g/mol. The highest BCUT2D eigenvalue weighted by molar-refractivity contribution is 5.97. The fourth-order valence-electron chi connectivity index (χ4n) is 2.25. The van der Waals surface area contributed by atoms with Crippen LogP contribution in [0.1, 0.15) is 26.3 Å². The molecule has 3 rings (SSSR count). The topological polar surface area (TPSA) is 84.2 Å². The molecule has 6 nitrogen and oxygen atoms in total. The summed E-state index contributed by atoms with van der Waals surface area (Å²) in [5.41, 5.74) is 2.18. The number of nitrogens with one attached hydrogen (secondary N) is 1. The highest BCUT2D eigenvalue weighted by Gasteiger charge is 2.10. The van der Waals surface area contributed by atoms with Crippen LogP contribution in [0.3, 0.4) is 0 Å². The first kappa shape index (κ1) is 15.5. The lowest BCUT2D eigenvalue weighted by atomic mass is 10.1. The number of rotatable bonds is 5. The van der Waals surface area contributed by atoms with Gasteiger partial charge >= 0.3 is 5.97 Å². The van der Waals surface area contributed by atoms with Crippen molar-refractivity contribution in [1.82, 2.24) is 15.1 Å². The standard InChI is InChI=1S/C18H15N3O3/c22-17(14-5-4-6-15(9-14)18(23)24)19-10-13-11-20-21(12-13)16-7-2-1-3-8-16/h1-9,11-12H,10H2,(H,19,22)(H,23,24). The number of aromatic carboxylic acids is 1. The van der Waals surface area contributed by atoms with Gasteiger partial charge in [0.05, 0.1) is 17.4 Å². The molecule has 6 heteroatoms. The quantitative estimate of drug-likeness (QED) is 0.756. The van der Waals surface area contributed by atoms with Gasteiger partial charge in [0.1, 0.15) is 0 Å². The van der Waals surface area contributed by atoms with Crippen LogP contribution in [-0.2, 0) is 6.54 Å². The zero-order valence-corrected chi connectivity index (χ0v) is 12.7. The molecule has 1 aromatic heterocycles. The third-order valence-corrected chi connectivity index (χ3v) is 3.48. The molecule has 0 spiro atoms. The van der Waals surface area contributed by atoms with E-state index in [-0.39, 0.29) is 11.5 Å². The summed E-state index contributed by atoms with van der Waals surface area (Å²) in [7, 11) is 0. The number of carboxylic acid groups (broad SMARTS) is 1. The van der Waals surface area contributed by atoms with Gasteiger partial charge in [0.15, 0.2) is 0 Å². The minimum atomic E-state index is -1.06. The molecule has 24 heavy (non-hydrogen) atoms. The van der Waals surface area contributed by atoms with Gasteiger partial charge in [-0.25, -0.2) is 9.48 Å². The summed E-state index contributed by atoms with van der Waals surface area (Å²) in [6, 6.07) is 15.6. The van der Waals surface area contributed by atoms with E-state index in [0.717, 1.165) is 11.3 Å². The van der Waals surface area contributed by atoms with Crippen LogP contribution in [-0.4, -0.2) is 26.8 Å². The smallest absolute Gasteiger partial charge is 0.335 e. The van der Waals surface area contributed by atoms with Gasteiger partial charge in [-0.1, -0.05) is 24.3 Å². The van der Waals surface area contributed by atoms with E-state index in [1.54, 1.807) is 23.0 Å². The highest BCUT2D eigenvalue weighted by atomic mass is 16.4. The molecule has 1 amide bonds. The highest BCUT2D eigenvalue weighted by Crippen LogP contribution is 2.09. The van der Waals surface area contributed by atoms with Crippen molar-refractivity contribution < 1.29 is 14.7 Å². The van der Waals surface area contributed by atoms with Crippen LogP contribution < -0.4 is 5.32 Å². The van der Waals surface area contributed by atoms with Gasteiger partial charge in [0, 0.05) is 23.9 Å². The lowest BCUT2D eigenvalue weighted by Gasteiger charge is -2.04. The molecule has 2 aromatic carbocycles. The summed E-state index contributed by atoms with van der Waals surface area (Å²) in [5, 5.41) is 16.0. The summed E-state index contributed by atoms with van der Waals surface area (Å²) >= 11 is 0. The lowest BCUT2D eigenvalue weighted by Crippen LogP contribution is -2.22. The minimum absolute atomic E-state index is 0.0829. The van der Waals surface area contributed by atoms with E-state index in [2.05, 4.69) is 10.4 Å². The van der Waals surface area contributed by atoms with Gasteiger partial charge in [-0.3, -0.25) is 4.79 Å². The van der Waals surface area contributed by atoms with E-state index in [1.807, 2.05) is 36.5 Å². The molecule has 1 heterocycles. The number of carboxylic acids is 1. The maximum Gasteiger partial charge on any atom is 0.335 e. The molecule has 0 aliphatic carbocycles. The van der Waals surface area contributed by atoms with Gasteiger partial charge in [-0.15, -0.1) is 0 Å². The fraction of sp³-hybridized carbons (Fsp3) is 0.0556. The third kappa shape index (κ3) is 3.49. The van der Waals surface area contributed by atoms with Crippen LogP contribution in [0.5, 0.6) is 0 Å². The fourth-order valence-corrected chi connectivity index (χ4v) is 2.25. The Bertz CT molecular complexity index is 872. The van der Waals surface area contributed by atoms with Crippen molar-refractivity contribution in [2.24, 2.45) is 0 Å². The second-order valence-corrected chi connectivity index (χ2v) is 5.20. The SMILES string of the molecule is O=C(O)c1cccc(C(=O)NCc2cnn(-c3ccccc3)c2)c1. The molecule has 0 saturated carbocycles. The number of para-hydroxylation sites is 1. The number of carbonyl (C=O) groups is 2. The van der Waals surface area contributed by atoms with Gasteiger partial charge in [0.2, 0.25) is 0 Å². The first-order chi connectivity index (χ1) is 11.6. The average molecular weight is 321 g/mol. The number of hydrogen-bond acceptors (Lipinski definition) is 3. The van der Waals surface area contributed by atoms with Gasteiger partial charge < -0.3 is 10.4 Å². The van der Waals surface area contributed by atoms with Crippen molar-refractivity contribution in [3.05, 3.63) is 83.7 Å². The number of hydrogen-bond donors (Lipinski definition) is 2. The van der Waals surface area contributed by atoms with Crippen molar-refractivity contribution >= 4 is 11.9 Å². The van der Waals surface area contributed by atoms with Crippen LogP contribution >= 0.6 is 0 Å². The normalized spacial score (nSPS) is 10.3. The minimum Gasteiger partial charge on any atom is -0.478 e. The average Bonchev–Trinajstić information content (AvgIpc) is 3.09. The Balaban J connectivity index is 1.66. The number of carbonyl (C=O) groups excluding carboxylic acids is 1. The predicted molar refractivity (Wildman–Crippen MR) is 88.1 cm³/mol. The van der Waals surface area contributed by atoms with E-state index in [0.29, 0.717) is 12.1 Å². The van der Waals surface area contributed by atoms with E-state index >= 15 is 0 Å². The molecule has 0 bridgehead atoms. The first-order valence-corrected chi connectivity index (χ1v) is 7.34. The van der Waals surface area contributed by atoms with Gasteiger partial charge in [0.25, 0.3) is 5.91 Å². The summed E-state index contributed by atoms with van der Waals surface area (Å²) in [6.07, 6.45) is 3.52. The summed E-state index contributed by atoms with van der Waals surface area (Å²) < 4.78 is 1.73. The number of aromatic nitrogens is 2. The molecule has 0 saturated heterocycles. The summed E-state index contributed by atoms with van der Waals surface area (Å²) in [6.45, 7) is 0.308. The van der Waals surface area contributed by atoms with Crippen LogP contribution in [0.2, 0.25) is 0 Å². The Kier molecular flexibility index (Phi) is 4.38. The molecule has 0 radical (unpaired) electrons. The van der Waals surface area contributed by atoms with Crippen molar-refractivity contribution in [2.75, 3.05) is 0 Å². The molecule has 2 N–H and O–H groups in total. The van der Waals surface area contributed by atoms with E-state index in [4.69, 9.17) is 5.11 Å². The zero-order chi connectivity index (χ0) is 16.9. The maximum absolute atomic E-state index is 12.1. The molecule has 3 aromatic rings. The second-order valence-electron chi connectivity index (χ2n) is 5.20. The monoisotopic (exact) mass is 321 g/mol. The van der Waals surface area contributed by atoms with E-state index < -0.39 is 5.97 Å². The van der Waals surface area contributed by atoms with E-state index in [1.165, 1.54) is 12.1 Å². The predicted octanol–water partition coefficient (Wildman–Crippen LogP) is 2.50. The largest absolute Gasteiger partial charge is 0.478 e.